The quantitative estimate of drug-likeness (QED) is 0.688. The number of hydrogen-bond acceptors (Lipinski definition) is 8. The Labute approximate surface area is 176 Å². The van der Waals surface area contributed by atoms with Crippen LogP contribution in [0, 0.1) is 18.3 Å². The summed E-state index contributed by atoms with van der Waals surface area (Å²) in [5.74, 6) is 0. The molecule has 0 spiro atoms. The van der Waals surface area contributed by atoms with Crippen LogP contribution in [0.4, 0.5) is 10.5 Å². The number of aromatic amines is 1. The molecule has 3 aromatic heterocycles. The Morgan fingerprint density at radius 1 is 1.37 bits per heavy atom. The zero-order valence-corrected chi connectivity index (χ0v) is 17.2. The number of carbonyl (C=O) groups excluding carboxylic acids is 1. The zero-order valence-electron chi connectivity index (χ0n) is 16.4. The van der Waals surface area contributed by atoms with Gasteiger partial charge in [-0.15, -0.1) is 11.3 Å². The Hall–Kier alpha value is -3.16. The van der Waals surface area contributed by atoms with Crippen LogP contribution in [-0.4, -0.2) is 71.4 Å². The molecule has 5 heterocycles. The van der Waals surface area contributed by atoms with Crippen molar-refractivity contribution in [1.29, 1.82) is 5.26 Å². The maximum atomic E-state index is 12.3. The van der Waals surface area contributed by atoms with Crippen LogP contribution in [0.3, 0.4) is 0 Å². The minimum Gasteiger partial charge on any atom is -0.441 e. The number of fused-ring (bicyclic) bond motifs is 1. The molecule has 2 fully saturated rings. The molecule has 2 saturated heterocycles. The number of thiazole rings is 1. The van der Waals surface area contributed by atoms with Crippen LogP contribution in [0.25, 0.3) is 22.4 Å². The summed E-state index contributed by atoms with van der Waals surface area (Å²) in [5, 5.41) is 13.6. The predicted octanol–water partition coefficient (Wildman–Crippen LogP) is 2.52. The highest BCUT2D eigenvalue weighted by atomic mass is 32.1. The van der Waals surface area contributed by atoms with Crippen molar-refractivity contribution in [2.75, 3.05) is 44.3 Å². The van der Waals surface area contributed by atoms with Crippen LogP contribution in [0.1, 0.15) is 10.6 Å². The fraction of sp³-hybridized carbons (Fsp3) is 0.400. The molecule has 0 aromatic carbocycles. The largest absolute Gasteiger partial charge is 0.441 e. The minimum atomic E-state index is -0.289. The van der Waals surface area contributed by atoms with Crippen molar-refractivity contribution in [2.24, 2.45) is 0 Å². The van der Waals surface area contributed by atoms with Gasteiger partial charge in [0.15, 0.2) is 6.10 Å². The van der Waals surface area contributed by atoms with Crippen molar-refractivity contribution in [1.82, 2.24) is 19.9 Å². The van der Waals surface area contributed by atoms with E-state index >= 15 is 0 Å². The summed E-state index contributed by atoms with van der Waals surface area (Å²) >= 11 is 1.54. The van der Waals surface area contributed by atoms with Crippen LogP contribution in [0.15, 0.2) is 17.6 Å². The third kappa shape index (κ3) is 3.26. The van der Waals surface area contributed by atoms with Crippen LogP contribution in [-0.2, 0) is 9.47 Å². The first-order valence-electron chi connectivity index (χ1n) is 9.75. The number of H-pyrrole nitrogens is 1. The third-order valence-corrected chi connectivity index (χ3v) is 6.19. The first-order chi connectivity index (χ1) is 14.6. The number of nitrogens with zero attached hydrogens (tertiary/aromatic N) is 5. The molecule has 30 heavy (non-hydrogen) atoms. The molecule has 0 saturated carbocycles. The number of nitriles is 1. The van der Waals surface area contributed by atoms with E-state index in [0.717, 1.165) is 21.8 Å². The molecule has 154 valence electrons. The molecule has 3 aromatic rings. The smallest absolute Gasteiger partial charge is 0.410 e. The second-order valence-corrected chi connectivity index (χ2v) is 8.37. The number of aryl methyl sites for hydroxylation is 1. The van der Waals surface area contributed by atoms with E-state index in [1.165, 1.54) is 0 Å². The molecule has 0 bridgehead atoms. The highest BCUT2D eigenvalue weighted by Gasteiger charge is 2.29. The number of pyridine rings is 1. The lowest BCUT2D eigenvalue weighted by molar-refractivity contribution is -0.104. The maximum Gasteiger partial charge on any atom is 0.410 e. The number of amides is 1. The molecule has 10 heteroatoms. The average molecular weight is 424 g/mol. The molecule has 9 nitrogen and oxygen atoms in total. The van der Waals surface area contributed by atoms with Crippen molar-refractivity contribution in [3.8, 4) is 17.5 Å². The second-order valence-electron chi connectivity index (χ2n) is 7.31. The second kappa shape index (κ2) is 7.59. The van der Waals surface area contributed by atoms with Gasteiger partial charge in [-0.3, -0.25) is 0 Å². The highest BCUT2D eigenvalue weighted by Crippen LogP contribution is 2.35. The minimum absolute atomic E-state index is 0.124. The summed E-state index contributed by atoms with van der Waals surface area (Å²) in [4.78, 5) is 28.4. The Morgan fingerprint density at radius 2 is 2.17 bits per heavy atom. The van der Waals surface area contributed by atoms with E-state index in [9.17, 15) is 10.1 Å². The number of ether oxygens (including phenoxy) is 2. The number of anilines is 1. The molecular formula is C20H20N6O3S. The predicted molar refractivity (Wildman–Crippen MR) is 112 cm³/mol. The van der Waals surface area contributed by atoms with E-state index in [0.29, 0.717) is 56.3 Å². The monoisotopic (exact) mass is 424 g/mol. The number of piperazine rings is 1. The van der Waals surface area contributed by atoms with E-state index in [1.54, 1.807) is 22.4 Å². The number of nitrogens with one attached hydrogen (secondary N) is 1. The topological polar surface area (TPSA) is 107 Å². The normalized spacial score (nSPS) is 17.1. The van der Waals surface area contributed by atoms with Gasteiger partial charge < -0.3 is 24.3 Å². The fourth-order valence-corrected chi connectivity index (χ4v) is 4.38. The van der Waals surface area contributed by atoms with Crippen molar-refractivity contribution >= 4 is 34.2 Å². The van der Waals surface area contributed by atoms with Crippen LogP contribution in [0.2, 0.25) is 0 Å². The lowest BCUT2D eigenvalue weighted by Gasteiger charge is -2.37. The molecule has 0 radical (unpaired) electrons. The Balaban J connectivity index is 1.40. The van der Waals surface area contributed by atoms with Crippen molar-refractivity contribution in [2.45, 2.75) is 13.0 Å². The molecule has 0 aliphatic carbocycles. The summed E-state index contributed by atoms with van der Waals surface area (Å²) in [6, 6.07) is 4.26. The molecular weight excluding hydrogens is 404 g/mol. The van der Waals surface area contributed by atoms with E-state index in [-0.39, 0.29) is 12.2 Å². The number of hydrogen-bond donors (Lipinski definition) is 1. The van der Waals surface area contributed by atoms with Crippen LogP contribution < -0.4 is 4.90 Å². The van der Waals surface area contributed by atoms with Crippen molar-refractivity contribution in [3.05, 3.63) is 28.2 Å². The SMILES string of the molecule is Cc1nc(-c2[nH]c3nccc(N4CCN(C(=O)OC5COC5)CC4)c3c2C#N)cs1. The Bertz CT molecular complexity index is 1140. The Morgan fingerprint density at radius 3 is 2.80 bits per heavy atom. The van der Waals surface area contributed by atoms with Gasteiger partial charge in [0.1, 0.15) is 11.7 Å². The van der Waals surface area contributed by atoms with Crippen molar-refractivity contribution < 1.29 is 14.3 Å². The summed E-state index contributed by atoms with van der Waals surface area (Å²) in [5.41, 5.74) is 3.60. The van der Waals surface area contributed by atoms with Gasteiger partial charge >= 0.3 is 6.09 Å². The molecule has 5 rings (SSSR count). The molecule has 2 aliphatic heterocycles. The first kappa shape index (κ1) is 18.8. The summed E-state index contributed by atoms with van der Waals surface area (Å²) in [6.07, 6.45) is 1.33. The van der Waals surface area contributed by atoms with Crippen LogP contribution in [0.5, 0.6) is 0 Å². The maximum absolute atomic E-state index is 12.3. The Kier molecular flexibility index (Phi) is 4.77. The fourth-order valence-electron chi connectivity index (χ4n) is 3.77. The first-order valence-corrected chi connectivity index (χ1v) is 10.6. The summed E-state index contributed by atoms with van der Waals surface area (Å²) in [6.45, 7) is 5.31. The van der Waals surface area contributed by atoms with E-state index in [4.69, 9.17) is 9.47 Å². The molecule has 1 amide bonds. The molecule has 2 aliphatic rings. The number of aromatic nitrogens is 3. The number of rotatable bonds is 3. The van der Waals surface area contributed by atoms with Crippen molar-refractivity contribution in [3.63, 3.8) is 0 Å². The van der Waals surface area contributed by atoms with Gasteiger partial charge in [-0.05, 0) is 13.0 Å². The van der Waals surface area contributed by atoms with Crippen LogP contribution >= 0.6 is 11.3 Å². The van der Waals surface area contributed by atoms with Gasteiger partial charge in [-0.2, -0.15) is 5.26 Å². The molecule has 0 atom stereocenters. The summed E-state index contributed by atoms with van der Waals surface area (Å²) in [7, 11) is 0. The van der Waals surface area contributed by atoms with E-state index < -0.39 is 0 Å². The molecule has 0 unspecified atom stereocenters. The molecule has 1 N–H and O–H groups in total. The lowest BCUT2D eigenvalue weighted by Crippen LogP contribution is -2.51. The zero-order chi connectivity index (χ0) is 20.7. The standard InChI is InChI=1S/C20H20N6O3S/c1-12-23-15(11-30-12)18-14(8-21)17-16(2-3-22-19(17)24-18)25-4-6-26(7-5-25)20(27)29-13-9-28-10-13/h2-3,11,13H,4-7,9-10H2,1H3,(H,22,24). The number of carbonyl (C=O) groups is 1. The average Bonchev–Trinajstić information content (AvgIpc) is 3.33. The van der Waals surface area contributed by atoms with Gasteiger partial charge in [-0.25, -0.2) is 14.8 Å². The van der Waals surface area contributed by atoms with Gasteiger partial charge in [-0.1, -0.05) is 0 Å². The van der Waals surface area contributed by atoms with Gasteiger partial charge in [0.25, 0.3) is 0 Å². The lowest BCUT2D eigenvalue weighted by atomic mass is 10.1. The van der Waals surface area contributed by atoms with E-state index in [1.807, 2.05) is 18.4 Å². The summed E-state index contributed by atoms with van der Waals surface area (Å²) < 4.78 is 10.5. The van der Waals surface area contributed by atoms with Gasteiger partial charge in [0.2, 0.25) is 0 Å². The van der Waals surface area contributed by atoms with Gasteiger partial charge in [0, 0.05) is 37.8 Å². The third-order valence-electron chi connectivity index (χ3n) is 5.41. The highest BCUT2D eigenvalue weighted by molar-refractivity contribution is 7.09. The van der Waals surface area contributed by atoms with E-state index in [2.05, 4.69) is 25.9 Å². The van der Waals surface area contributed by atoms with Gasteiger partial charge in [0.05, 0.1) is 46.2 Å².